The molecule has 0 amide bonds. The van der Waals surface area contributed by atoms with E-state index in [1.807, 2.05) is 166 Å². The van der Waals surface area contributed by atoms with Crippen LogP contribution in [0.25, 0.3) is 109 Å². The number of pyridine rings is 4. The smallest absolute Gasteiger partial charge is 0.261 e. The van der Waals surface area contributed by atoms with Crippen molar-refractivity contribution in [3.05, 3.63) is 366 Å². The maximum absolute atomic E-state index is 13.6. The highest BCUT2D eigenvalue weighted by atomic mass is 35.5. The van der Waals surface area contributed by atoms with Gasteiger partial charge in [-0.3, -0.25) is 47.4 Å². The number of rotatable bonds is 16. The Morgan fingerprint density at radius 2 is 0.716 bits per heavy atom. The number of hydrogen-bond acceptors (Lipinski definition) is 22. The van der Waals surface area contributed by atoms with Crippen molar-refractivity contribution in [2.45, 2.75) is 99.9 Å². The van der Waals surface area contributed by atoms with E-state index in [2.05, 4.69) is 113 Å². The minimum absolute atomic E-state index is 0.124. The Hall–Kier alpha value is -14.0. The lowest BCUT2D eigenvalue weighted by Crippen LogP contribution is -2.39. The summed E-state index contributed by atoms with van der Waals surface area (Å²) in [5.41, 5.74) is 15.9. The summed E-state index contributed by atoms with van der Waals surface area (Å²) in [5, 5.41) is 52.3. The number of anilines is 1. The van der Waals surface area contributed by atoms with E-state index in [0.717, 1.165) is 116 Å². The normalized spacial score (nSPS) is 18.5. The summed E-state index contributed by atoms with van der Waals surface area (Å²) in [4.78, 5) is 91.8. The summed E-state index contributed by atoms with van der Waals surface area (Å²) in [5.74, 6) is 0.554. The second-order valence-corrected chi connectivity index (χ2v) is 34.9. The van der Waals surface area contributed by atoms with Gasteiger partial charge in [0.15, 0.2) is 0 Å². The van der Waals surface area contributed by atoms with Crippen molar-refractivity contribution in [3.63, 3.8) is 0 Å². The zero-order chi connectivity index (χ0) is 92.0. The summed E-state index contributed by atoms with van der Waals surface area (Å²) in [7, 11) is 5.64. The Bertz CT molecular complexity index is 7640. The molecule has 27 heteroatoms. The molecule has 4 aliphatic heterocycles. The lowest BCUT2D eigenvalue weighted by molar-refractivity contribution is -0.0395. The van der Waals surface area contributed by atoms with E-state index >= 15 is 0 Å². The van der Waals surface area contributed by atoms with Crippen LogP contribution in [-0.2, 0) is 44.6 Å². The first kappa shape index (κ1) is 89.2. The lowest BCUT2D eigenvalue weighted by Gasteiger charge is -2.29. The molecule has 10 aromatic carbocycles. The summed E-state index contributed by atoms with van der Waals surface area (Å²) >= 11 is 6.06. The van der Waals surface area contributed by atoms with Crippen molar-refractivity contribution in [2.24, 2.45) is 0 Å². The molecule has 4 aliphatic rings. The average molecular weight is 1810 g/mol. The van der Waals surface area contributed by atoms with Gasteiger partial charge in [0.25, 0.3) is 22.2 Å². The molecule has 0 saturated carbocycles. The van der Waals surface area contributed by atoms with E-state index in [1.165, 1.54) is 21.8 Å². The first-order chi connectivity index (χ1) is 65.4. The molecule has 0 spiro atoms. The Kier molecular flexibility index (Phi) is 26.5. The predicted molar refractivity (Wildman–Crippen MR) is 521 cm³/mol. The Balaban J connectivity index is 0.000000115. The fourth-order valence-electron chi connectivity index (χ4n) is 18.8. The molecule has 18 aromatic rings. The van der Waals surface area contributed by atoms with Gasteiger partial charge in [0.2, 0.25) is 5.88 Å². The van der Waals surface area contributed by atoms with Gasteiger partial charge >= 0.3 is 0 Å². The van der Waals surface area contributed by atoms with Crippen molar-refractivity contribution in [3.8, 4) is 28.3 Å². The number of halogens is 1. The van der Waals surface area contributed by atoms with Crippen LogP contribution in [0.3, 0.4) is 0 Å². The van der Waals surface area contributed by atoms with Gasteiger partial charge in [-0.25, -0.2) is 29.9 Å². The number of nitrogens with zero attached hydrogens (tertiary/aromatic N) is 13. The van der Waals surface area contributed by atoms with Gasteiger partial charge in [-0.2, -0.15) is 0 Å². The second-order valence-electron chi connectivity index (χ2n) is 34.6. The molecular formula is C107H98ClN13O13. The molecule has 4 saturated heterocycles. The van der Waals surface area contributed by atoms with Crippen molar-refractivity contribution in [2.75, 3.05) is 79.0 Å². The molecule has 4 N–H and O–H groups in total. The molecule has 22 rings (SSSR count). The molecule has 134 heavy (non-hydrogen) atoms. The van der Waals surface area contributed by atoms with Crippen LogP contribution in [0.15, 0.2) is 294 Å². The van der Waals surface area contributed by atoms with Crippen molar-refractivity contribution >= 4 is 104 Å². The summed E-state index contributed by atoms with van der Waals surface area (Å²) in [6.45, 7) is 3.07. The largest absolute Gasteiger partial charge is 0.481 e. The number of fused-ring (bicyclic) bond motifs is 12. The average Bonchev–Trinajstić information content (AvgIpc) is 0.762. The quantitative estimate of drug-likeness (QED) is 0.0516. The number of aliphatic hydroxyl groups is 4. The maximum atomic E-state index is 13.6. The minimum Gasteiger partial charge on any atom is -0.481 e. The first-order valence-corrected chi connectivity index (χ1v) is 45.3. The van der Waals surface area contributed by atoms with Crippen LogP contribution in [-0.4, -0.2) is 177 Å². The van der Waals surface area contributed by atoms with E-state index in [0.29, 0.717) is 146 Å². The maximum Gasteiger partial charge on any atom is 0.261 e. The monoisotopic (exact) mass is 1810 g/mol. The SMILES string of the molecule is CN(C)c1ccc(-c2ccc(Cc3cc4c(=O)n([C@H]5CCOC[C@@H]5O)cnc4c4ccccc34)cn2)cc1.COc1cc(Cc2cc3c(=O)n([C@H]4COCC[C@@H]4O)cnc3c3ccccc23)ccn1.O=c1c2cc(Cc3ccc(-c4ccncc4)cc3)c3ccccc3c2ncn1[C@H]1CCOC[C@@H]1O.O=c1c2cc(Cc3ccnc(Cl)c3)c3ccccc3c2ncn1[C@H]1COCC[C@@H]1O. The molecule has 0 radical (unpaired) electrons. The highest BCUT2D eigenvalue weighted by Gasteiger charge is 2.32. The van der Waals surface area contributed by atoms with Crippen LogP contribution in [0.4, 0.5) is 5.69 Å². The van der Waals surface area contributed by atoms with E-state index in [1.54, 1.807) is 53.7 Å². The van der Waals surface area contributed by atoms with Gasteiger partial charge in [0.1, 0.15) is 5.15 Å². The van der Waals surface area contributed by atoms with E-state index in [4.69, 9.17) is 40.3 Å². The van der Waals surface area contributed by atoms with Crippen LogP contribution in [0, 0.1) is 0 Å². The number of benzene rings is 10. The van der Waals surface area contributed by atoms with Gasteiger partial charge in [-0.1, -0.05) is 151 Å². The third-order valence-corrected chi connectivity index (χ3v) is 26.2. The van der Waals surface area contributed by atoms with E-state index in [-0.39, 0.29) is 47.5 Å². The van der Waals surface area contributed by atoms with Gasteiger partial charge in [-0.05, 0) is 201 Å². The molecular weight excluding hydrogens is 1710 g/mol. The number of aliphatic hydroxyl groups excluding tert-OH is 4. The third-order valence-electron chi connectivity index (χ3n) is 26.0. The van der Waals surface area contributed by atoms with Crippen molar-refractivity contribution < 1.29 is 44.1 Å². The zero-order valence-electron chi connectivity index (χ0n) is 74.1. The number of aromatic nitrogens is 12. The highest BCUT2D eigenvalue weighted by molar-refractivity contribution is 6.29. The molecule has 26 nitrogen and oxygen atoms in total. The van der Waals surface area contributed by atoms with E-state index in [9.17, 15) is 39.6 Å². The molecule has 4 fully saturated rings. The summed E-state index contributed by atoms with van der Waals surface area (Å²) < 4.78 is 33.1. The number of hydrogen-bond donors (Lipinski definition) is 4. The number of ether oxygens (including phenoxy) is 5. The zero-order valence-corrected chi connectivity index (χ0v) is 74.8. The topological polar surface area (TPSA) is 321 Å². The molecule has 8 atom stereocenters. The second kappa shape index (κ2) is 39.8. The van der Waals surface area contributed by atoms with Crippen molar-refractivity contribution in [1.29, 1.82) is 0 Å². The number of methoxy groups -OCH3 is 1. The van der Waals surface area contributed by atoms with Crippen LogP contribution < -0.4 is 31.9 Å². The van der Waals surface area contributed by atoms with Crippen molar-refractivity contribution in [1.82, 2.24) is 58.1 Å². The third kappa shape index (κ3) is 18.7. The van der Waals surface area contributed by atoms with Crippen LogP contribution in [0.1, 0.15) is 94.4 Å². The fourth-order valence-corrected chi connectivity index (χ4v) is 19.0. The summed E-state index contributed by atoms with van der Waals surface area (Å²) in [6.07, 6.45) is 17.1. The van der Waals surface area contributed by atoms with Crippen LogP contribution in [0.5, 0.6) is 5.88 Å². The van der Waals surface area contributed by atoms with Crippen LogP contribution >= 0.6 is 11.6 Å². The standard InChI is InChI=1S/C31H30N4O3.C29H25N3O3.C24H23N3O4.C23H20ClN3O3/c1-34(2)23-10-8-21(9-11-23)27-12-7-20(17-32-27)15-22-16-26-30(25-6-4-3-5-24(22)25)33-19-35(31(26)37)28-13-14-38-18-29(28)36;33-27-17-35-14-11-26(27)32-18-31-28-24-4-2-1-3-23(24)22(16-25(28)29(32)34)15-19-5-7-20(8-6-19)21-9-12-30-13-10-21;1-30-22-11-15(6-8-25-22)10-16-12-19-23(18-5-3-2-4-17(16)18)26-14-27(24(19)29)20-13-31-9-7-21(20)28;24-21-10-14(5-7-25-21)9-15-11-18-22(17-4-2-1-3-16(15)17)26-13-27(23(18)29)19-12-30-8-6-20(19)28/h3-12,16-17,19,28-29,36H,13-15,18H2,1-2H3;1-10,12-13,16,18,26-27,33H,11,14-15,17H2;2-6,8,11-12,14,20-21,28H,7,9-10,13H2,1H3;1-5,7,10-11,13,19-20,28H,6,8-9,12H2/t28-,29-;26-,27-;20-,21-;19-,20-/m0000/s1. The Morgan fingerprint density at radius 3 is 1.11 bits per heavy atom. The molecule has 676 valence electrons. The highest BCUT2D eigenvalue weighted by Crippen LogP contribution is 2.37. The fraction of sp³-hybridized carbons (Fsp3) is 0.252. The Labute approximate surface area is 774 Å². The minimum atomic E-state index is -0.732. The van der Waals surface area contributed by atoms with Gasteiger partial charge in [0.05, 0.1) is 157 Å². The van der Waals surface area contributed by atoms with Gasteiger partial charge in [-0.15, -0.1) is 0 Å². The van der Waals surface area contributed by atoms with E-state index < -0.39 is 36.5 Å². The molecule has 12 heterocycles. The molecule has 0 unspecified atom stereocenters. The van der Waals surface area contributed by atoms with Gasteiger partial charge < -0.3 is 49.0 Å². The van der Waals surface area contributed by atoms with Gasteiger partial charge in [0, 0.05) is 110 Å². The summed E-state index contributed by atoms with van der Waals surface area (Å²) in [6, 6.07) is 70.9. The molecule has 0 aliphatic carbocycles. The predicted octanol–water partition coefficient (Wildman–Crippen LogP) is 15.5. The molecule has 0 bridgehead atoms. The first-order valence-electron chi connectivity index (χ1n) is 45.0. The lowest BCUT2D eigenvalue weighted by atomic mass is 9.95. The van der Waals surface area contributed by atoms with Crippen LogP contribution in [0.2, 0.25) is 5.15 Å². The Morgan fingerprint density at radius 1 is 0.351 bits per heavy atom. The molecule has 8 aromatic heterocycles.